The number of ether oxygens (including phenoxy) is 1. The third kappa shape index (κ3) is 3.55. The first-order chi connectivity index (χ1) is 8.25. The molecule has 0 spiro atoms. The van der Waals surface area contributed by atoms with Gasteiger partial charge in [0.05, 0.1) is 0 Å². The molecule has 0 aromatic heterocycles. The van der Waals surface area contributed by atoms with Crippen LogP contribution >= 0.6 is 23.8 Å². The summed E-state index contributed by atoms with van der Waals surface area (Å²) in [6, 6.07) is 17.2. The minimum Gasteiger partial charge on any atom is -0.478 e. The first-order valence-electron chi connectivity index (χ1n) is 5.22. The van der Waals surface area contributed by atoms with E-state index < -0.39 is 0 Å². The Morgan fingerprint density at radius 2 is 1.65 bits per heavy atom. The van der Waals surface area contributed by atoms with E-state index in [1.807, 2.05) is 54.6 Å². The van der Waals surface area contributed by atoms with E-state index in [-0.39, 0.29) is 0 Å². The molecule has 0 N–H and O–H groups in total. The van der Waals surface area contributed by atoms with Gasteiger partial charge in [-0.1, -0.05) is 54.1 Å². The summed E-state index contributed by atoms with van der Waals surface area (Å²) in [6.45, 7) is 0.463. The largest absolute Gasteiger partial charge is 0.478 e. The average molecular weight is 263 g/mol. The molecule has 0 saturated heterocycles. The van der Waals surface area contributed by atoms with E-state index in [2.05, 4.69) is 0 Å². The zero-order valence-electron chi connectivity index (χ0n) is 9.10. The zero-order chi connectivity index (χ0) is 12.1. The van der Waals surface area contributed by atoms with Crippen molar-refractivity contribution in [3.63, 3.8) is 0 Å². The topological polar surface area (TPSA) is 9.23 Å². The smallest absolute Gasteiger partial charge is 0.191 e. The van der Waals surface area contributed by atoms with Crippen molar-refractivity contribution >= 4 is 28.9 Å². The average Bonchev–Trinajstić information content (AvgIpc) is 2.39. The molecule has 0 heterocycles. The predicted octanol–water partition coefficient (Wildman–Crippen LogP) is 4.23. The Morgan fingerprint density at radius 3 is 2.29 bits per heavy atom. The maximum atomic E-state index is 5.80. The van der Waals surface area contributed by atoms with Gasteiger partial charge in [-0.25, -0.2) is 0 Å². The summed E-state index contributed by atoms with van der Waals surface area (Å²) in [7, 11) is 0. The molecule has 0 unspecified atom stereocenters. The number of halogens is 1. The fourth-order valence-electron chi connectivity index (χ4n) is 1.39. The van der Waals surface area contributed by atoms with Gasteiger partial charge in [0.15, 0.2) is 5.05 Å². The van der Waals surface area contributed by atoms with Crippen LogP contribution < -0.4 is 0 Å². The maximum Gasteiger partial charge on any atom is 0.191 e. The van der Waals surface area contributed by atoms with Crippen LogP contribution in [0.4, 0.5) is 0 Å². The number of rotatable bonds is 3. The molecule has 2 rings (SSSR count). The van der Waals surface area contributed by atoms with Crippen molar-refractivity contribution in [2.24, 2.45) is 0 Å². The quantitative estimate of drug-likeness (QED) is 0.766. The monoisotopic (exact) mass is 262 g/mol. The second kappa shape index (κ2) is 5.80. The normalized spacial score (nSPS) is 9.94. The summed E-state index contributed by atoms with van der Waals surface area (Å²) in [4.78, 5) is 0. The molecule has 0 bridgehead atoms. The van der Waals surface area contributed by atoms with Gasteiger partial charge in [-0.3, -0.25) is 0 Å². The Morgan fingerprint density at radius 1 is 1.00 bits per heavy atom. The van der Waals surface area contributed by atoms with Crippen molar-refractivity contribution in [2.75, 3.05) is 0 Å². The lowest BCUT2D eigenvalue weighted by Crippen LogP contribution is -2.03. The third-order valence-corrected chi connectivity index (χ3v) is 2.90. The Kier molecular flexibility index (Phi) is 4.13. The van der Waals surface area contributed by atoms with Gasteiger partial charge >= 0.3 is 0 Å². The standard InChI is InChI=1S/C14H11ClOS/c15-13-8-6-11(7-9-13)10-16-14(17)12-4-2-1-3-5-12/h1-9H,10H2. The number of benzene rings is 2. The summed E-state index contributed by atoms with van der Waals surface area (Å²) in [5.41, 5.74) is 1.98. The Hall–Kier alpha value is -1.38. The zero-order valence-corrected chi connectivity index (χ0v) is 10.7. The molecule has 0 atom stereocenters. The first-order valence-corrected chi connectivity index (χ1v) is 6.01. The molecule has 0 radical (unpaired) electrons. The molecule has 3 heteroatoms. The molecule has 0 aliphatic carbocycles. The van der Waals surface area contributed by atoms with Crippen molar-refractivity contribution in [3.8, 4) is 0 Å². The maximum absolute atomic E-state index is 5.80. The van der Waals surface area contributed by atoms with Gasteiger partial charge in [-0.15, -0.1) is 0 Å². The number of hydrogen-bond acceptors (Lipinski definition) is 2. The van der Waals surface area contributed by atoms with Gasteiger partial charge in [-0.05, 0) is 29.9 Å². The van der Waals surface area contributed by atoms with Gasteiger partial charge in [0, 0.05) is 10.6 Å². The SMILES string of the molecule is S=C(OCc1ccc(Cl)cc1)c1ccccc1. The highest BCUT2D eigenvalue weighted by Crippen LogP contribution is 2.11. The first kappa shape index (κ1) is 12.1. The van der Waals surface area contributed by atoms with Gasteiger partial charge in [0.25, 0.3) is 0 Å². The molecule has 0 amide bonds. The summed E-state index contributed by atoms with van der Waals surface area (Å²) in [5.74, 6) is 0. The molecular formula is C14H11ClOS. The Bertz CT molecular complexity index is 493. The van der Waals surface area contributed by atoms with Crippen LogP contribution in [-0.2, 0) is 11.3 Å². The molecule has 0 aliphatic heterocycles. The van der Waals surface area contributed by atoms with Crippen LogP contribution in [0, 0.1) is 0 Å². The summed E-state index contributed by atoms with van der Waals surface area (Å²) >= 11 is 11.0. The lowest BCUT2D eigenvalue weighted by Gasteiger charge is -2.07. The highest BCUT2D eigenvalue weighted by atomic mass is 35.5. The highest BCUT2D eigenvalue weighted by molar-refractivity contribution is 7.80. The third-order valence-electron chi connectivity index (χ3n) is 2.29. The second-order valence-corrected chi connectivity index (χ2v) is 4.38. The van der Waals surface area contributed by atoms with Crippen LogP contribution in [0.15, 0.2) is 54.6 Å². The summed E-state index contributed by atoms with van der Waals surface area (Å²) in [6.07, 6.45) is 0. The van der Waals surface area contributed by atoms with Crippen LogP contribution in [-0.4, -0.2) is 5.05 Å². The van der Waals surface area contributed by atoms with E-state index in [0.29, 0.717) is 11.7 Å². The van der Waals surface area contributed by atoms with Crippen molar-refractivity contribution in [1.29, 1.82) is 0 Å². The minimum atomic E-state index is 0.463. The van der Waals surface area contributed by atoms with E-state index >= 15 is 0 Å². The lowest BCUT2D eigenvalue weighted by atomic mass is 10.2. The lowest BCUT2D eigenvalue weighted by molar-refractivity contribution is 0.302. The van der Waals surface area contributed by atoms with Gasteiger partial charge < -0.3 is 4.74 Å². The van der Waals surface area contributed by atoms with Gasteiger partial charge in [-0.2, -0.15) is 0 Å². The van der Waals surface area contributed by atoms with E-state index in [4.69, 9.17) is 28.6 Å². The fourth-order valence-corrected chi connectivity index (χ4v) is 1.71. The van der Waals surface area contributed by atoms with Crippen LogP contribution in [0.3, 0.4) is 0 Å². The molecule has 1 nitrogen and oxygen atoms in total. The van der Waals surface area contributed by atoms with E-state index in [0.717, 1.165) is 16.1 Å². The van der Waals surface area contributed by atoms with Crippen LogP contribution in [0.1, 0.15) is 11.1 Å². The summed E-state index contributed by atoms with van der Waals surface area (Å²) < 4.78 is 5.54. The van der Waals surface area contributed by atoms with Crippen molar-refractivity contribution < 1.29 is 4.74 Å². The molecule has 2 aromatic rings. The number of hydrogen-bond donors (Lipinski definition) is 0. The second-order valence-electron chi connectivity index (χ2n) is 3.57. The fraction of sp³-hybridized carbons (Fsp3) is 0.0714. The van der Waals surface area contributed by atoms with Crippen molar-refractivity contribution in [3.05, 3.63) is 70.7 Å². The van der Waals surface area contributed by atoms with E-state index in [9.17, 15) is 0 Å². The van der Waals surface area contributed by atoms with Gasteiger partial charge in [0.1, 0.15) is 6.61 Å². The van der Waals surface area contributed by atoms with E-state index in [1.165, 1.54) is 0 Å². The molecule has 0 saturated carbocycles. The van der Waals surface area contributed by atoms with Crippen molar-refractivity contribution in [2.45, 2.75) is 6.61 Å². The van der Waals surface area contributed by atoms with Gasteiger partial charge in [0.2, 0.25) is 0 Å². The molecule has 86 valence electrons. The molecule has 0 fully saturated rings. The van der Waals surface area contributed by atoms with Crippen molar-refractivity contribution in [1.82, 2.24) is 0 Å². The Balaban J connectivity index is 1.95. The highest BCUT2D eigenvalue weighted by Gasteiger charge is 2.01. The van der Waals surface area contributed by atoms with Crippen LogP contribution in [0.25, 0.3) is 0 Å². The Labute approximate surface area is 111 Å². The molecule has 17 heavy (non-hydrogen) atoms. The van der Waals surface area contributed by atoms with Crippen LogP contribution in [0.2, 0.25) is 5.02 Å². The minimum absolute atomic E-state index is 0.463. The van der Waals surface area contributed by atoms with E-state index in [1.54, 1.807) is 0 Å². The molecule has 2 aromatic carbocycles. The van der Waals surface area contributed by atoms with Crippen LogP contribution in [0.5, 0.6) is 0 Å². The summed E-state index contributed by atoms with van der Waals surface area (Å²) in [5, 5.41) is 1.24. The predicted molar refractivity (Wildman–Crippen MR) is 74.4 cm³/mol. The molecule has 0 aliphatic rings. The molecular weight excluding hydrogens is 252 g/mol. The number of thiocarbonyl (C=S) groups is 1.